The van der Waals surface area contributed by atoms with Crippen LogP contribution in [0.1, 0.15) is 28.9 Å². The summed E-state index contributed by atoms with van der Waals surface area (Å²) in [7, 11) is 0. The predicted molar refractivity (Wildman–Crippen MR) is 53.6 cm³/mol. The average Bonchev–Trinajstić information content (AvgIpc) is 2.49. The fraction of sp³-hybridized carbons (Fsp3) is 0.444. The molecule has 0 spiro atoms. The van der Waals surface area contributed by atoms with Crippen LogP contribution in [-0.4, -0.2) is 12.0 Å². The molecule has 1 aromatic rings. The van der Waals surface area contributed by atoms with E-state index in [1.807, 2.05) is 0 Å². The van der Waals surface area contributed by atoms with Crippen molar-refractivity contribution in [2.75, 3.05) is 0 Å². The third-order valence-corrected chi connectivity index (χ3v) is 2.98. The minimum absolute atomic E-state index is 0.0870. The maximum absolute atomic E-state index is 11.8. The lowest BCUT2D eigenvalue weighted by atomic mass is 10.1. The average molecular weight is 257 g/mol. The van der Waals surface area contributed by atoms with Crippen LogP contribution in [0, 0.1) is 0 Å². The molecule has 1 heterocycles. The summed E-state index contributed by atoms with van der Waals surface area (Å²) in [5.41, 5.74) is 0. The molecule has 0 aliphatic heterocycles. The van der Waals surface area contributed by atoms with E-state index in [0.717, 1.165) is 11.3 Å². The second kappa shape index (κ2) is 4.99. The maximum atomic E-state index is 11.8. The van der Waals surface area contributed by atoms with Crippen LogP contribution in [-0.2, 0) is 0 Å². The molecule has 0 aromatic carbocycles. The highest BCUT2D eigenvalue weighted by Crippen LogP contribution is 2.25. The van der Waals surface area contributed by atoms with Crippen molar-refractivity contribution in [3.63, 3.8) is 0 Å². The molecule has 0 fully saturated rings. The molecular weight excluding hydrogens is 249 g/mol. The Morgan fingerprint density at radius 2 is 2.07 bits per heavy atom. The number of thiophene rings is 1. The van der Waals surface area contributed by atoms with Gasteiger partial charge in [0.1, 0.15) is 0 Å². The van der Waals surface area contributed by atoms with Gasteiger partial charge >= 0.3 is 6.18 Å². The zero-order valence-corrected chi connectivity index (χ0v) is 9.18. The summed E-state index contributed by atoms with van der Waals surface area (Å²) in [4.78, 5) is 11.7. The second-order valence-electron chi connectivity index (χ2n) is 3.00. The molecule has 0 radical (unpaired) electrons. The molecule has 0 unspecified atom stereocenters. The third kappa shape index (κ3) is 4.66. The van der Waals surface area contributed by atoms with Gasteiger partial charge in [0, 0.05) is 12.8 Å². The van der Waals surface area contributed by atoms with E-state index in [1.54, 1.807) is 6.07 Å². The van der Waals surface area contributed by atoms with Crippen molar-refractivity contribution in [1.29, 1.82) is 0 Å². The van der Waals surface area contributed by atoms with Crippen LogP contribution < -0.4 is 0 Å². The first-order valence-corrected chi connectivity index (χ1v) is 5.43. The molecule has 0 saturated heterocycles. The van der Waals surface area contributed by atoms with Gasteiger partial charge in [-0.25, -0.2) is 0 Å². The van der Waals surface area contributed by atoms with Gasteiger partial charge in [0.05, 0.1) is 9.21 Å². The Kier molecular flexibility index (Phi) is 4.16. The highest BCUT2D eigenvalue weighted by molar-refractivity contribution is 7.18. The van der Waals surface area contributed by atoms with Crippen molar-refractivity contribution in [2.24, 2.45) is 0 Å². The van der Waals surface area contributed by atoms with Gasteiger partial charge in [0.2, 0.25) is 0 Å². The van der Waals surface area contributed by atoms with Gasteiger partial charge < -0.3 is 0 Å². The van der Waals surface area contributed by atoms with Crippen LogP contribution in [0.15, 0.2) is 12.1 Å². The van der Waals surface area contributed by atoms with Crippen LogP contribution in [0.4, 0.5) is 13.2 Å². The van der Waals surface area contributed by atoms with Crippen LogP contribution in [0.3, 0.4) is 0 Å². The largest absolute Gasteiger partial charge is 0.389 e. The molecule has 1 nitrogen and oxygen atoms in total. The summed E-state index contributed by atoms with van der Waals surface area (Å²) >= 11 is 6.69. The first-order valence-electron chi connectivity index (χ1n) is 4.24. The van der Waals surface area contributed by atoms with E-state index in [2.05, 4.69) is 0 Å². The van der Waals surface area contributed by atoms with Gasteiger partial charge in [0.25, 0.3) is 0 Å². The Labute approximate surface area is 93.9 Å². The van der Waals surface area contributed by atoms with Crippen molar-refractivity contribution in [3.05, 3.63) is 21.3 Å². The zero-order valence-electron chi connectivity index (χ0n) is 7.60. The van der Waals surface area contributed by atoms with Gasteiger partial charge in [0.15, 0.2) is 5.78 Å². The minimum Gasteiger partial charge on any atom is -0.293 e. The van der Waals surface area contributed by atoms with Gasteiger partial charge in [-0.15, -0.1) is 11.3 Å². The lowest BCUT2D eigenvalue weighted by molar-refractivity contribution is -0.135. The van der Waals surface area contributed by atoms with Crippen LogP contribution >= 0.6 is 22.9 Å². The lowest BCUT2D eigenvalue weighted by Crippen LogP contribution is -2.08. The van der Waals surface area contributed by atoms with Crippen LogP contribution in [0.25, 0.3) is 0 Å². The molecule has 0 aliphatic carbocycles. The number of Topliss-reactive ketones (excluding diaryl/α,β-unsaturated/α-hetero) is 1. The summed E-state index contributed by atoms with van der Waals surface area (Å²) in [6.45, 7) is 0. The van der Waals surface area contributed by atoms with Crippen molar-refractivity contribution in [2.45, 2.75) is 25.4 Å². The highest BCUT2D eigenvalue weighted by atomic mass is 35.5. The number of rotatable bonds is 4. The standard InChI is InChI=1S/C9H8ClF3OS/c10-8-4-3-7(15-8)6(14)2-1-5-9(11,12)13/h3-4H,1-2,5H2. The monoisotopic (exact) mass is 256 g/mol. The molecule has 0 atom stereocenters. The summed E-state index contributed by atoms with van der Waals surface area (Å²) in [6, 6.07) is 3.09. The zero-order chi connectivity index (χ0) is 11.5. The van der Waals surface area contributed by atoms with Crippen molar-refractivity contribution < 1.29 is 18.0 Å². The fourth-order valence-electron chi connectivity index (χ4n) is 1.04. The highest BCUT2D eigenvalue weighted by Gasteiger charge is 2.26. The Bertz CT molecular complexity index is 345. The molecule has 0 N–H and O–H groups in total. The van der Waals surface area contributed by atoms with E-state index >= 15 is 0 Å². The normalized spacial score (nSPS) is 11.7. The number of carbonyl (C=O) groups excluding carboxylic acids is 1. The van der Waals surface area contributed by atoms with E-state index in [1.165, 1.54) is 6.07 Å². The molecule has 0 aliphatic rings. The second-order valence-corrected chi connectivity index (χ2v) is 4.71. The number of halogens is 4. The van der Waals surface area contributed by atoms with Gasteiger partial charge in [-0.1, -0.05) is 11.6 Å². The summed E-state index contributed by atoms with van der Waals surface area (Å²) in [5, 5.41) is 0. The van der Waals surface area contributed by atoms with Crippen LogP contribution in [0.5, 0.6) is 0 Å². The van der Waals surface area contributed by atoms with E-state index in [4.69, 9.17) is 11.6 Å². The Hall–Kier alpha value is -0.550. The summed E-state index contributed by atoms with van der Waals surface area (Å²) in [5.74, 6) is -0.281. The first-order chi connectivity index (χ1) is 6.88. The van der Waals surface area contributed by atoms with Gasteiger partial charge in [-0.05, 0) is 18.6 Å². The SMILES string of the molecule is O=C(CCCC(F)(F)F)c1ccc(Cl)s1. The van der Waals surface area contributed by atoms with E-state index in [9.17, 15) is 18.0 Å². The van der Waals surface area contributed by atoms with Crippen LogP contribution in [0.2, 0.25) is 4.34 Å². The topological polar surface area (TPSA) is 17.1 Å². The maximum Gasteiger partial charge on any atom is 0.389 e. The number of hydrogen-bond acceptors (Lipinski definition) is 2. The minimum atomic E-state index is -4.19. The first kappa shape index (κ1) is 12.5. The molecule has 6 heteroatoms. The van der Waals surface area contributed by atoms with Crippen molar-refractivity contribution in [1.82, 2.24) is 0 Å². The van der Waals surface area contributed by atoms with E-state index in [0.29, 0.717) is 9.21 Å². The molecule has 15 heavy (non-hydrogen) atoms. The molecule has 1 aromatic heterocycles. The third-order valence-electron chi connectivity index (χ3n) is 1.71. The molecule has 0 saturated carbocycles. The smallest absolute Gasteiger partial charge is 0.293 e. The van der Waals surface area contributed by atoms with Gasteiger partial charge in [-0.3, -0.25) is 4.79 Å². The number of ketones is 1. The van der Waals surface area contributed by atoms with E-state index in [-0.39, 0.29) is 18.6 Å². The number of alkyl halides is 3. The van der Waals surface area contributed by atoms with Gasteiger partial charge in [-0.2, -0.15) is 13.2 Å². The Morgan fingerprint density at radius 3 is 2.53 bits per heavy atom. The number of carbonyl (C=O) groups is 1. The quantitative estimate of drug-likeness (QED) is 0.734. The molecule has 0 bridgehead atoms. The molecule has 0 amide bonds. The number of hydrogen-bond donors (Lipinski definition) is 0. The molecular formula is C9H8ClF3OS. The lowest BCUT2D eigenvalue weighted by Gasteiger charge is -2.04. The summed E-state index contributed by atoms with van der Waals surface area (Å²) in [6.07, 6.45) is -5.36. The van der Waals surface area contributed by atoms with Crippen molar-refractivity contribution >= 4 is 28.7 Å². The van der Waals surface area contributed by atoms with E-state index < -0.39 is 12.6 Å². The fourth-order valence-corrected chi connectivity index (χ4v) is 2.05. The Balaban J connectivity index is 2.37. The molecule has 1 rings (SSSR count). The predicted octanol–water partition coefficient (Wildman–Crippen LogP) is 4.32. The molecule has 84 valence electrons. The Morgan fingerprint density at radius 1 is 1.40 bits per heavy atom. The summed E-state index contributed by atoms with van der Waals surface area (Å²) < 4.78 is 35.8. The van der Waals surface area contributed by atoms with Crippen molar-refractivity contribution in [3.8, 4) is 0 Å².